The van der Waals surface area contributed by atoms with Gasteiger partial charge >= 0.3 is 0 Å². The van der Waals surface area contributed by atoms with Crippen LogP contribution in [0.2, 0.25) is 0 Å². The smallest absolute Gasteiger partial charge is 0.273 e. The van der Waals surface area contributed by atoms with E-state index in [1.807, 2.05) is 11.5 Å². The van der Waals surface area contributed by atoms with Crippen LogP contribution in [-0.4, -0.2) is 26.8 Å². The van der Waals surface area contributed by atoms with Crippen LogP contribution in [0, 0.1) is 14.9 Å². The first kappa shape index (κ1) is 14.2. The lowest BCUT2D eigenvalue weighted by Gasteiger charge is -2.09. The predicted molar refractivity (Wildman–Crippen MR) is 76.3 cm³/mol. The third-order valence-corrected chi connectivity index (χ3v) is 3.15. The van der Waals surface area contributed by atoms with Gasteiger partial charge in [0.1, 0.15) is 5.75 Å². The molecule has 0 aliphatic heterocycles. The van der Waals surface area contributed by atoms with E-state index in [4.69, 9.17) is 17.0 Å². The number of H-pyrrole nitrogens is 1. The highest BCUT2D eigenvalue weighted by molar-refractivity contribution is 7.71. The largest absolute Gasteiger partial charge is 0.496 e. The average molecular weight is 294 g/mol. The number of nitrogens with zero attached hydrogens (tertiary/aromatic N) is 3. The zero-order valence-electron chi connectivity index (χ0n) is 11.1. The number of methoxy groups -OCH3 is 1. The van der Waals surface area contributed by atoms with E-state index in [1.165, 1.54) is 19.2 Å². The topological polar surface area (TPSA) is 86.0 Å². The zero-order chi connectivity index (χ0) is 14.7. The van der Waals surface area contributed by atoms with Gasteiger partial charge in [-0.05, 0) is 24.7 Å². The van der Waals surface area contributed by atoms with E-state index < -0.39 is 4.92 Å². The molecule has 106 valence electrons. The number of aromatic amines is 1. The summed E-state index contributed by atoms with van der Waals surface area (Å²) >= 11 is 5.18. The number of nitrogens with one attached hydrogen (secondary N) is 1. The monoisotopic (exact) mass is 294 g/mol. The van der Waals surface area contributed by atoms with Crippen LogP contribution in [0.25, 0.3) is 11.4 Å². The van der Waals surface area contributed by atoms with Gasteiger partial charge in [-0.15, -0.1) is 0 Å². The summed E-state index contributed by atoms with van der Waals surface area (Å²) < 4.78 is 7.59. The molecule has 0 atom stereocenters. The van der Waals surface area contributed by atoms with Gasteiger partial charge in [0.05, 0.1) is 23.7 Å². The minimum Gasteiger partial charge on any atom is -0.496 e. The van der Waals surface area contributed by atoms with Gasteiger partial charge in [-0.2, -0.15) is 5.10 Å². The molecule has 0 saturated carbocycles. The number of hydrogen-bond donors (Lipinski definition) is 1. The second-order valence-electron chi connectivity index (χ2n) is 4.15. The molecule has 0 aliphatic carbocycles. The highest BCUT2D eigenvalue weighted by Crippen LogP contribution is 2.32. The van der Waals surface area contributed by atoms with E-state index >= 15 is 0 Å². The molecule has 1 aromatic carbocycles. The fraction of sp³-hybridized carbons (Fsp3) is 0.333. The third kappa shape index (κ3) is 2.55. The molecule has 0 saturated heterocycles. The zero-order valence-corrected chi connectivity index (χ0v) is 11.9. The van der Waals surface area contributed by atoms with Crippen molar-refractivity contribution in [1.82, 2.24) is 14.8 Å². The minimum absolute atomic E-state index is 0.0261. The maximum Gasteiger partial charge on any atom is 0.273 e. The van der Waals surface area contributed by atoms with Crippen molar-refractivity contribution >= 4 is 17.9 Å². The molecule has 1 aromatic heterocycles. The van der Waals surface area contributed by atoms with Crippen LogP contribution in [-0.2, 0) is 6.54 Å². The van der Waals surface area contributed by atoms with Gasteiger partial charge < -0.3 is 9.30 Å². The number of benzene rings is 1. The Balaban J connectivity index is 2.58. The highest BCUT2D eigenvalue weighted by atomic mass is 32.1. The van der Waals surface area contributed by atoms with Crippen LogP contribution in [0.3, 0.4) is 0 Å². The van der Waals surface area contributed by atoms with Gasteiger partial charge in [0.15, 0.2) is 10.6 Å². The molecule has 8 heteroatoms. The summed E-state index contributed by atoms with van der Waals surface area (Å²) in [5.41, 5.74) is 0.640. The SMILES string of the molecule is CCCn1c(-c2ccc([N+](=O)[O-])cc2OC)n[nH]c1=S. The first-order valence-electron chi connectivity index (χ1n) is 6.06. The number of aromatic nitrogens is 3. The van der Waals surface area contributed by atoms with Crippen LogP contribution in [0.5, 0.6) is 5.75 Å². The molecule has 1 N–H and O–H groups in total. The van der Waals surface area contributed by atoms with E-state index in [-0.39, 0.29) is 5.69 Å². The Bertz CT molecular complexity index is 692. The van der Waals surface area contributed by atoms with Crippen molar-refractivity contribution in [3.8, 4) is 17.1 Å². The lowest BCUT2D eigenvalue weighted by atomic mass is 10.1. The molecule has 20 heavy (non-hydrogen) atoms. The molecule has 0 radical (unpaired) electrons. The van der Waals surface area contributed by atoms with Gasteiger partial charge in [-0.1, -0.05) is 6.92 Å². The van der Waals surface area contributed by atoms with Gasteiger partial charge in [0.25, 0.3) is 5.69 Å². The third-order valence-electron chi connectivity index (χ3n) is 2.84. The van der Waals surface area contributed by atoms with Gasteiger partial charge in [-0.25, -0.2) is 0 Å². The maximum atomic E-state index is 10.8. The normalized spacial score (nSPS) is 10.5. The quantitative estimate of drug-likeness (QED) is 0.520. The number of hydrogen-bond acceptors (Lipinski definition) is 5. The highest BCUT2D eigenvalue weighted by Gasteiger charge is 2.17. The Morgan fingerprint density at radius 1 is 1.55 bits per heavy atom. The van der Waals surface area contributed by atoms with Crippen molar-refractivity contribution < 1.29 is 9.66 Å². The standard InChI is InChI=1S/C12H14N4O3S/c1-3-6-15-11(13-14-12(15)20)9-5-4-8(16(17)18)7-10(9)19-2/h4-5,7H,3,6H2,1-2H3,(H,14,20). The van der Waals surface area contributed by atoms with E-state index in [9.17, 15) is 10.1 Å². The van der Waals surface area contributed by atoms with E-state index in [2.05, 4.69) is 10.2 Å². The van der Waals surface area contributed by atoms with Gasteiger partial charge in [-0.3, -0.25) is 15.2 Å². The second kappa shape index (κ2) is 5.83. The van der Waals surface area contributed by atoms with Crippen molar-refractivity contribution in [3.63, 3.8) is 0 Å². The summed E-state index contributed by atoms with van der Waals surface area (Å²) in [5, 5.41) is 17.7. The molecular formula is C12H14N4O3S. The lowest BCUT2D eigenvalue weighted by Crippen LogP contribution is -2.01. The Kier molecular flexibility index (Phi) is 4.14. The molecule has 2 rings (SSSR count). The van der Waals surface area contributed by atoms with Gasteiger partial charge in [0, 0.05) is 12.6 Å². The maximum absolute atomic E-state index is 10.8. The summed E-state index contributed by atoms with van der Waals surface area (Å²) in [7, 11) is 1.47. The molecule has 0 amide bonds. The first-order chi connectivity index (χ1) is 9.58. The molecule has 0 spiro atoms. The molecule has 0 bridgehead atoms. The number of ether oxygens (including phenoxy) is 1. The van der Waals surface area contributed by atoms with Crippen molar-refractivity contribution in [2.45, 2.75) is 19.9 Å². The van der Waals surface area contributed by atoms with Crippen molar-refractivity contribution in [2.24, 2.45) is 0 Å². The predicted octanol–water partition coefficient (Wildman–Crippen LogP) is 2.93. The number of non-ortho nitro benzene ring substituents is 1. The van der Waals surface area contributed by atoms with Crippen LogP contribution >= 0.6 is 12.2 Å². The molecule has 0 aliphatic rings. The summed E-state index contributed by atoms with van der Waals surface area (Å²) in [6.07, 6.45) is 0.899. The van der Waals surface area contributed by atoms with E-state index in [1.54, 1.807) is 6.07 Å². The molecule has 2 aromatic rings. The van der Waals surface area contributed by atoms with Crippen molar-refractivity contribution in [1.29, 1.82) is 0 Å². The second-order valence-corrected chi connectivity index (χ2v) is 4.53. The summed E-state index contributed by atoms with van der Waals surface area (Å²) in [5.74, 6) is 1.01. The molecular weight excluding hydrogens is 280 g/mol. The summed E-state index contributed by atoms with van der Waals surface area (Å²) in [4.78, 5) is 10.3. The van der Waals surface area contributed by atoms with Gasteiger partial charge in [0.2, 0.25) is 0 Å². The van der Waals surface area contributed by atoms with Crippen LogP contribution in [0.4, 0.5) is 5.69 Å². The number of nitro benzene ring substituents is 1. The Morgan fingerprint density at radius 2 is 2.30 bits per heavy atom. The van der Waals surface area contributed by atoms with Crippen LogP contribution < -0.4 is 4.74 Å². The lowest BCUT2D eigenvalue weighted by molar-refractivity contribution is -0.384. The Morgan fingerprint density at radius 3 is 2.90 bits per heavy atom. The van der Waals surface area contributed by atoms with Crippen molar-refractivity contribution in [3.05, 3.63) is 33.1 Å². The first-order valence-corrected chi connectivity index (χ1v) is 6.47. The average Bonchev–Trinajstić information content (AvgIpc) is 2.80. The fourth-order valence-electron chi connectivity index (χ4n) is 1.93. The summed E-state index contributed by atoms with van der Waals surface area (Å²) in [6.45, 7) is 2.75. The fourth-order valence-corrected chi connectivity index (χ4v) is 2.16. The Hall–Kier alpha value is -2.22. The molecule has 1 heterocycles. The van der Waals surface area contributed by atoms with Crippen LogP contribution in [0.1, 0.15) is 13.3 Å². The molecule has 7 nitrogen and oxygen atoms in total. The van der Waals surface area contributed by atoms with E-state index in [0.29, 0.717) is 28.5 Å². The van der Waals surface area contributed by atoms with E-state index in [0.717, 1.165) is 6.42 Å². The summed E-state index contributed by atoms with van der Waals surface area (Å²) in [6, 6.07) is 4.42. The number of rotatable bonds is 5. The minimum atomic E-state index is -0.463. The van der Waals surface area contributed by atoms with Crippen LogP contribution in [0.15, 0.2) is 18.2 Å². The molecule has 0 unspecified atom stereocenters. The number of nitro groups is 1. The Labute approximate surface area is 120 Å². The molecule has 0 fully saturated rings. The van der Waals surface area contributed by atoms with Crippen molar-refractivity contribution in [2.75, 3.05) is 7.11 Å².